The van der Waals surface area contributed by atoms with E-state index in [0.29, 0.717) is 17.7 Å². The molecule has 0 radical (unpaired) electrons. The minimum Gasteiger partial charge on any atom is -0.333 e. The van der Waals surface area contributed by atoms with Gasteiger partial charge >= 0.3 is 6.03 Å². The van der Waals surface area contributed by atoms with Crippen molar-refractivity contribution >= 4 is 23.4 Å². The number of amides is 2. The number of urea groups is 1. The summed E-state index contributed by atoms with van der Waals surface area (Å²) in [6, 6.07) is 3.83. The van der Waals surface area contributed by atoms with Gasteiger partial charge in [0.1, 0.15) is 0 Å². The molecule has 0 aliphatic rings. The molecule has 0 heterocycles. The average molecular weight is 307 g/mol. The van der Waals surface area contributed by atoms with Crippen LogP contribution in [0.1, 0.15) is 33.3 Å². The van der Waals surface area contributed by atoms with Crippen molar-refractivity contribution in [3.8, 4) is 0 Å². The molecule has 2 amide bonds. The fourth-order valence-electron chi connectivity index (χ4n) is 1.76. The van der Waals surface area contributed by atoms with E-state index in [9.17, 15) is 14.9 Å². The lowest BCUT2D eigenvalue weighted by atomic mass is 10.1. The van der Waals surface area contributed by atoms with Gasteiger partial charge in [-0.1, -0.05) is 6.92 Å². The van der Waals surface area contributed by atoms with Gasteiger partial charge in [-0.25, -0.2) is 4.79 Å². The summed E-state index contributed by atoms with van der Waals surface area (Å²) in [5.74, 6) is -0.203. The topological polar surface area (TPSA) is 120 Å². The van der Waals surface area contributed by atoms with Crippen LogP contribution >= 0.6 is 0 Å². The highest BCUT2D eigenvalue weighted by Crippen LogP contribution is 2.22. The summed E-state index contributed by atoms with van der Waals surface area (Å²) in [6.45, 7) is 7.34. The summed E-state index contributed by atoms with van der Waals surface area (Å²) < 4.78 is 0. The quantitative estimate of drug-likeness (QED) is 0.297. The molecule has 0 saturated heterocycles. The van der Waals surface area contributed by atoms with E-state index in [2.05, 4.69) is 16.0 Å². The van der Waals surface area contributed by atoms with Gasteiger partial charge < -0.3 is 10.6 Å². The van der Waals surface area contributed by atoms with E-state index in [4.69, 9.17) is 5.41 Å². The first-order chi connectivity index (χ1) is 10.1. The number of rotatable bonds is 3. The molecular weight excluding hydrogens is 286 g/mol. The van der Waals surface area contributed by atoms with Crippen molar-refractivity contribution in [3.05, 3.63) is 33.9 Å². The number of guanidine groups is 1. The first-order valence-electron chi connectivity index (χ1n) is 6.84. The molecule has 0 saturated carbocycles. The Kier molecular flexibility index (Phi) is 5.44. The highest BCUT2D eigenvalue weighted by molar-refractivity contribution is 6.02. The fourth-order valence-corrected chi connectivity index (χ4v) is 1.76. The van der Waals surface area contributed by atoms with Crippen molar-refractivity contribution in [2.24, 2.45) is 0 Å². The third-order valence-electron chi connectivity index (χ3n) is 2.67. The Morgan fingerprint density at radius 2 is 2.00 bits per heavy atom. The van der Waals surface area contributed by atoms with Crippen molar-refractivity contribution in [1.82, 2.24) is 10.6 Å². The second-order valence-corrected chi connectivity index (χ2v) is 5.78. The molecule has 1 rings (SSSR count). The predicted octanol–water partition coefficient (Wildman–Crippen LogP) is 2.60. The molecule has 4 N–H and O–H groups in total. The largest absolute Gasteiger partial charge is 0.333 e. The van der Waals surface area contributed by atoms with Crippen molar-refractivity contribution in [2.45, 2.75) is 39.7 Å². The van der Waals surface area contributed by atoms with E-state index in [1.54, 1.807) is 0 Å². The number of aryl methyl sites for hydroxylation is 1. The summed E-state index contributed by atoms with van der Waals surface area (Å²) in [5, 5.41) is 26.3. The Balaban J connectivity index is 2.76. The molecule has 0 aliphatic carbocycles. The molecule has 8 nitrogen and oxygen atoms in total. The van der Waals surface area contributed by atoms with Crippen LogP contribution in [0.3, 0.4) is 0 Å². The number of hydrogen-bond donors (Lipinski definition) is 4. The number of nitro benzene ring substituents is 1. The second kappa shape index (κ2) is 6.88. The molecule has 120 valence electrons. The highest BCUT2D eigenvalue weighted by Gasteiger charge is 2.15. The monoisotopic (exact) mass is 307 g/mol. The van der Waals surface area contributed by atoms with Crippen LogP contribution < -0.4 is 16.0 Å². The molecule has 8 heteroatoms. The maximum Gasteiger partial charge on any atom is 0.321 e. The van der Waals surface area contributed by atoms with E-state index in [1.807, 2.05) is 27.7 Å². The number of carbonyl (C=O) groups is 1. The fraction of sp³-hybridized carbons (Fsp3) is 0.429. The van der Waals surface area contributed by atoms with Crippen LogP contribution in [0.2, 0.25) is 0 Å². The Morgan fingerprint density at radius 1 is 1.36 bits per heavy atom. The van der Waals surface area contributed by atoms with Crippen LogP contribution in [0.4, 0.5) is 16.2 Å². The van der Waals surface area contributed by atoms with Gasteiger partial charge in [-0.3, -0.25) is 20.8 Å². The molecule has 0 atom stereocenters. The third-order valence-corrected chi connectivity index (χ3v) is 2.67. The molecule has 1 aromatic rings. The number of carbonyl (C=O) groups excluding carboxylic acids is 1. The second-order valence-electron chi connectivity index (χ2n) is 5.78. The number of nitro groups is 1. The van der Waals surface area contributed by atoms with Crippen molar-refractivity contribution in [3.63, 3.8) is 0 Å². The molecule has 0 bridgehead atoms. The van der Waals surface area contributed by atoms with Crippen LogP contribution in [0.15, 0.2) is 18.2 Å². The Hall–Kier alpha value is -2.64. The number of nitrogens with one attached hydrogen (secondary N) is 4. The van der Waals surface area contributed by atoms with Crippen LogP contribution in [0.5, 0.6) is 0 Å². The van der Waals surface area contributed by atoms with Gasteiger partial charge in [0.05, 0.1) is 4.92 Å². The van der Waals surface area contributed by atoms with Gasteiger partial charge in [0, 0.05) is 23.4 Å². The van der Waals surface area contributed by atoms with Crippen molar-refractivity contribution in [2.75, 3.05) is 5.32 Å². The van der Waals surface area contributed by atoms with Gasteiger partial charge in [-0.05, 0) is 38.8 Å². The van der Waals surface area contributed by atoms with E-state index < -0.39 is 16.5 Å². The van der Waals surface area contributed by atoms with E-state index in [-0.39, 0.29) is 11.6 Å². The smallest absolute Gasteiger partial charge is 0.321 e. The predicted molar refractivity (Wildman–Crippen MR) is 85.2 cm³/mol. The Labute approximate surface area is 129 Å². The van der Waals surface area contributed by atoms with Gasteiger partial charge in [0.25, 0.3) is 5.69 Å². The average Bonchev–Trinajstić information content (AvgIpc) is 2.36. The van der Waals surface area contributed by atoms with E-state index in [0.717, 1.165) is 0 Å². The zero-order valence-electron chi connectivity index (χ0n) is 13.1. The molecule has 0 spiro atoms. The zero-order chi connectivity index (χ0) is 16.9. The standard InChI is InChI=1S/C14H21N5O3/c1-5-9-8-10(19(21)22)6-7-11(9)16-12(15)17-13(20)18-14(2,3)4/h6-8H,5H2,1-4H3,(H4,15,16,17,18,20). The van der Waals surface area contributed by atoms with Gasteiger partial charge in [0.2, 0.25) is 5.96 Å². The minimum absolute atomic E-state index is 0.00707. The lowest BCUT2D eigenvalue weighted by Gasteiger charge is -2.21. The number of hydrogen-bond acceptors (Lipinski definition) is 4. The lowest BCUT2D eigenvalue weighted by molar-refractivity contribution is -0.384. The summed E-state index contributed by atoms with van der Waals surface area (Å²) >= 11 is 0. The molecule has 0 aliphatic heterocycles. The summed E-state index contributed by atoms with van der Waals surface area (Å²) in [4.78, 5) is 22.0. The molecule has 0 fully saturated rings. The van der Waals surface area contributed by atoms with Crippen LogP contribution in [0.25, 0.3) is 0 Å². The molecule has 0 unspecified atom stereocenters. The summed E-state index contributed by atoms with van der Waals surface area (Å²) in [7, 11) is 0. The Bertz CT molecular complexity index is 593. The zero-order valence-corrected chi connectivity index (χ0v) is 13.1. The molecule has 1 aromatic carbocycles. The maximum atomic E-state index is 11.7. The minimum atomic E-state index is -0.495. The van der Waals surface area contributed by atoms with Gasteiger partial charge in [-0.15, -0.1) is 0 Å². The van der Waals surface area contributed by atoms with Crippen molar-refractivity contribution < 1.29 is 9.72 Å². The van der Waals surface area contributed by atoms with E-state index in [1.165, 1.54) is 18.2 Å². The van der Waals surface area contributed by atoms with Gasteiger partial charge in [0.15, 0.2) is 0 Å². The molecule has 0 aromatic heterocycles. The normalized spacial score (nSPS) is 10.7. The Morgan fingerprint density at radius 3 is 2.50 bits per heavy atom. The maximum absolute atomic E-state index is 11.7. The number of non-ortho nitro benzene ring substituents is 1. The summed E-state index contributed by atoms with van der Waals surface area (Å²) in [5.41, 5.74) is 0.824. The first-order valence-corrected chi connectivity index (χ1v) is 6.84. The van der Waals surface area contributed by atoms with Crippen LogP contribution in [-0.2, 0) is 6.42 Å². The SMILES string of the molecule is CCc1cc([N+](=O)[O-])ccc1NC(=N)NC(=O)NC(C)(C)C. The molecular formula is C14H21N5O3. The van der Waals surface area contributed by atoms with Crippen LogP contribution in [-0.4, -0.2) is 22.5 Å². The lowest BCUT2D eigenvalue weighted by Crippen LogP contribution is -2.49. The number of benzene rings is 1. The van der Waals surface area contributed by atoms with Crippen LogP contribution in [0, 0.1) is 15.5 Å². The van der Waals surface area contributed by atoms with Gasteiger partial charge in [-0.2, -0.15) is 0 Å². The highest BCUT2D eigenvalue weighted by atomic mass is 16.6. The third kappa shape index (κ3) is 5.39. The first kappa shape index (κ1) is 17.4. The molecule has 22 heavy (non-hydrogen) atoms. The van der Waals surface area contributed by atoms with Crippen molar-refractivity contribution in [1.29, 1.82) is 5.41 Å². The number of anilines is 1. The number of nitrogens with zero attached hydrogens (tertiary/aromatic N) is 1. The van der Waals surface area contributed by atoms with E-state index >= 15 is 0 Å². The summed E-state index contributed by atoms with van der Waals surface area (Å²) in [6.07, 6.45) is 0.561.